The third-order valence-corrected chi connectivity index (χ3v) is 9.81. The molecule has 4 aromatic carbocycles. The van der Waals surface area contributed by atoms with Crippen LogP contribution < -0.4 is 0 Å². The average Bonchev–Trinajstić information content (AvgIpc) is 3.43. The van der Waals surface area contributed by atoms with Crippen LogP contribution in [0.1, 0.15) is 40.4 Å². The Morgan fingerprint density at radius 1 is 0.804 bits per heavy atom. The van der Waals surface area contributed by atoms with E-state index in [-0.39, 0.29) is 29.4 Å². The number of aliphatic carboxylic acids is 1. The molecule has 7 heteroatoms. The number of benzene rings is 4. The number of hydrogen-bond acceptors (Lipinski definition) is 5. The highest BCUT2D eigenvalue weighted by atomic mass is 32.2. The maximum atomic E-state index is 14.7. The van der Waals surface area contributed by atoms with E-state index in [1.807, 2.05) is 109 Å². The van der Waals surface area contributed by atoms with E-state index in [1.54, 1.807) is 12.1 Å². The van der Waals surface area contributed by atoms with E-state index >= 15 is 0 Å². The number of rotatable bonds is 11. The molecule has 0 saturated heterocycles. The lowest BCUT2D eigenvalue weighted by Crippen LogP contribution is -2.37. The summed E-state index contributed by atoms with van der Waals surface area (Å²) in [6, 6.07) is 33.7. The Bertz CT molecular complexity index is 2020. The third kappa shape index (κ3) is 6.37. The molecule has 6 rings (SSSR count). The average molecular weight is 631 g/mol. The van der Waals surface area contributed by atoms with Gasteiger partial charge < -0.3 is 9.52 Å². The second-order valence-electron chi connectivity index (χ2n) is 11.9. The van der Waals surface area contributed by atoms with Gasteiger partial charge in [0.05, 0.1) is 16.2 Å². The van der Waals surface area contributed by atoms with Crippen molar-refractivity contribution in [3.05, 3.63) is 162 Å². The summed E-state index contributed by atoms with van der Waals surface area (Å²) in [6.07, 6.45) is 9.28. The first kappa shape index (κ1) is 31.0. The van der Waals surface area contributed by atoms with Crippen molar-refractivity contribution in [3.63, 3.8) is 0 Å². The Labute approximate surface area is 268 Å². The molecule has 0 saturated carbocycles. The number of allylic oxidation sites excluding steroid dienone is 4. The van der Waals surface area contributed by atoms with Crippen LogP contribution in [0, 0.1) is 5.92 Å². The second-order valence-corrected chi connectivity index (χ2v) is 13.9. The fourth-order valence-corrected chi connectivity index (χ4v) is 6.90. The smallest absolute Gasteiger partial charge is 0.307 e. The molecule has 6 nitrogen and oxygen atoms in total. The zero-order chi connectivity index (χ0) is 32.3. The highest BCUT2D eigenvalue weighted by Crippen LogP contribution is 2.44. The van der Waals surface area contributed by atoms with E-state index in [0.29, 0.717) is 23.3 Å². The molecular weight excluding hydrogens is 596 g/mol. The molecule has 0 bridgehead atoms. The van der Waals surface area contributed by atoms with Gasteiger partial charge in [-0.2, -0.15) is 0 Å². The molecule has 1 aromatic heterocycles. The lowest BCUT2D eigenvalue weighted by atomic mass is 9.68. The van der Waals surface area contributed by atoms with Gasteiger partial charge in [-0.05, 0) is 41.3 Å². The zero-order valence-electron chi connectivity index (χ0n) is 25.4. The molecule has 1 aliphatic carbocycles. The molecule has 5 aromatic rings. The number of carboxylic acids is 1. The largest absolute Gasteiger partial charge is 0.481 e. The molecule has 0 aliphatic heterocycles. The second kappa shape index (κ2) is 12.8. The predicted octanol–water partition coefficient (Wildman–Crippen LogP) is 7.48. The number of carbonyl (C=O) groups is 2. The normalized spacial score (nSPS) is 18.4. The summed E-state index contributed by atoms with van der Waals surface area (Å²) in [6.45, 7) is 0. The first-order valence-electron chi connectivity index (χ1n) is 15.2. The van der Waals surface area contributed by atoms with Crippen LogP contribution in [-0.4, -0.2) is 31.5 Å². The summed E-state index contributed by atoms with van der Waals surface area (Å²) in [4.78, 5) is 27.5. The summed E-state index contributed by atoms with van der Waals surface area (Å²) in [7, 11) is -3.40. The van der Waals surface area contributed by atoms with Crippen molar-refractivity contribution in [2.75, 3.05) is 6.26 Å². The number of furan rings is 1. The Morgan fingerprint density at radius 2 is 1.41 bits per heavy atom. The van der Waals surface area contributed by atoms with Crippen molar-refractivity contribution in [3.8, 4) is 0 Å². The van der Waals surface area contributed by atoms with E-state index < -0.39 is 27.1 Å². The van der Waals surface area contributed by atoms with Crippen molar-refractivity contribution in [1.29, 1.82) is 0 Å². The number of Topliss-reactive ketones (excluding diaryl/α,β-unsaturated/α-hetero) is 1. The van der Waals surface area contributed by atoms with Crippen molar-refractivity contribution < 1.29 is 27.5 Å². The van der Waals surface area contributed by atoms with Crippen molar-refractivity contribution in [2.45, 2.75) is 35.5 Å². The minimum atomic E-state index is -3.40. The van der Waals surface area contributed by atoms with Gasteiger partial charge in [0.25, 0.3) is 0 Å². The van der Waals surface area contributed by atoms with Crippen LogP contribution in [0.4, 0.5) is 0 Å². The number of para-hydroxylation sites is 1. The van der Waals surface area contributed by atoms with Crippen molar-refractivity contribution in [2.24, 2.45) is 5.92 Å². The fourth-order valence-electron chi connectivity index (χ4n) is 6.27. The SMILES string of the molecule is CS(=O)(=O)c1ccc(CC(CC(=O)C2(c3c(Cc4ccccc4)oc4ccccc34)C=CC(c3ccccc3)C=C2)C(=O)O)cc1. The Morgan fingerprint density at radius 3 is 2.04 bits per heavy atom. The lowest BCUT2D eigenvalue weighted by molar-refractivity contribution is -0.144. The molecule has 46 heavy (non-hydrogen) atoms. The topological polar surface area (TPSA) is 102 Å². The van der Waals surface area contributed by atoms with E-state index in [4.69, 9.17) is 4.42 Å². The van der Waals surface area contributed by atoms with Gasteiger partial charge in [-0.25, -0.2) is 8.42 Å². The van der Waals surface area contributed by atoms with Crippen LogP contribution in [0.5, 0.6) is 0 Å². The summed E-state index contributed by atoms with van der Waals surface area (Å²) in [5.41, 5.74) is 2.85. The Hall–Kier alpha value is -5.01. The third-order valence-electron chi connectivity index (χ3n) is 8.68. The maximum absolute atomic E-state index is 14.7. The molecule has 0 spiro atoms. The first-order valence-corrected chi connectivity index (χ1v) is 17.1. The molecule has 1 aliphatic rings. The van der Waals surface area contributed by atoms with Crippen LogP contribution in [0.2, 0.25) is 0 Å². The van der Waals surface area contributed by atoms with Crippen LogP contribution in [0.15, 0.2) is 143 Å². The van der Waals surface area contributed by atoms with Crippen LogP contribution in [0.3, 0.4) is 0 Å². The number of carboxylic acid groups (broad SMARTS) is 1. The minimum absolute atomic E-state index is 0.0542. The van der Waals surface area contributed by atoms with Gasteiger partial charge in [-0.15, -0.1) is 0 Å². The van der Waals surface area contributed by atoms with Gasteiger partial charge in [0.15, 0.2) is 15.6 Å². The van der Waals surface area contributed by atoms with E-state index in [0.717, 1.165) is 28.3 Å². The van der Waals surface area contributed by atoms with Gasteiger partial charge in [0, 0.05) is 36.0 Å². The summed E-state index contributed by atoms with van der Waals surface area (Å²) < 4.78 is 30.3. The standard InChI is InChI=1S/C39H34O6S/c1-46(43,44)32-18-16-28(17-19-32)24-31(38(41)42)26-36(40)39(22-20-30(21-23-39)29-12-6-3-7-13-29)37-33-14-8-9-15-34(33)45-35(37)25-27-10-4-2-5-11-27/h2-23,30-31H,24-26H2,1H3,(H,41,42). The van der Waals surface area contributed by atoms with Crippen LogP contribution in [-0.2, 0) is 37.7 Å². The quantitative estimate of drug-likeness (QED) is 0.152. The molecular formula is C39H34O6S. The summed E-state index contributed by atoms with van der Waals surface area (Å²) in [5, 5.41) is 11.1. The van der Waals surface area contributed by atoms with Crippen LogP contribution in [0.25, 0.3) is 11.0 Å². The summed E-state index contributed by atoms with van der Waals surface area (Å²) >= 11 is 0. The van der Waals surface area contributed by atoms with E-state index in [1.165, 1.54) is 12.1 Å². The van der Waals surface area contributed by atoms with Gasteiger partial charge in [-0.3, -0.25) is 9.59 Å². The Kier molecular flexibility index (Phi) is 8.61. The van der Waals surface area contributed by atoms with E-state index in [9.17, 15) is 23.1 Å². The van der Waals surface area contributed by atoms with Crippen molar-refractivity contribution in [1.82, 2.24) is 0 Å². The van der Waals surface area contributed by atoms with Gasteiger partial charge >= 0.3 is 5.97 Å². The molecule has 232 valence electrons. The highest BCUT2D eigenvalue weighted by Gasteiger charge is 2.43. The molecule has 0 radical (unpaired) electrons. The summed E-state index contributed by atoms with van der Waals surface area (Å²) in [5.74, 6) is -1.79. The molecule has 0 amide bonds. The maximum Gasteiger partial charge on any atom is 0.307 e. The zero-order valence-corrected chi connectivity index (χ0v) is 26.2. The number of hydrogen-bond donors (Lipinski definition) is 1. The number of sulfone groups is 1. The van der Waals surface area contributed by atoms with Crippen molar-refractivity contribution >= 4 is 32.6 Å². The van der Waals surface area contributed by atoms with Gasteiger partial charge in [0.1, 0.15) is 11.3 Å². The molecule has 1 atom stereocenters. The molecule has 0 fully saturated rings. The molecule has 1 N–H and O–H groups in total. The monoisotopic (exact) mass is 630 g/mol. The van der Waals surface area contributed by atoms with E-state index in [2.05, 4.69) is 0 Å². The predicted molar refractivity (Wildman–Crippen MR) is 179 cm³/mol. The fraction of sp³-hybridized carbons (Fsp3) is 0.179. The highest BCUT2D eigenvalue weighted by molar-refractivity contribution is 7.90. The molecule has 1 heterocycles. The lowest BCUT2D eigenvalue weighted by Gasteiger charge is -2.32. The Balaban J connectivity index is 1.42. The number of ketones is 1. The van der Waals surface area contributed by atoms with Crippen LogP contribution >= 0.6 is 0 Å². The number of carbonyl (C=O) groups excluding carboxylic acids is 1. The van der Waals surface area contributed by atoms with Gasteiger partial charge in [0.2, 0.25) is 0 Å². The first-order chi connectivity index (χ1) is 22.1. The number of fused-ring (bicyclic) bond motifs is 1. The van der Waals surface area contributed by atoms with Gasteiger partial charge in [-0.1, -0.05) is 115 Å². The minimum Gasteiger partial charge on any atom is -0.481 e. The molecule has 1 unspecified atom stereocenters.